The monoisotopic (exact) mass is 416 g/mol. The topological polar surface area (TPSA) is 111 Å². The predicted octanol–water partition coefficient (Wildman–Crippen LogP) is 2.83. The number of oxazole rings is 1. The van der Waals surface area contributed by atoms with Crippen LogP contribution in [-0.2, 0) is 11.3 Å². The number of aromatic nitrogens is 1. The van der Waals surface area contributed by atoms with Crippen LogP contribution in [0.2, 0.25) is 0 Å². The number of piperidine rings is 1. The molecule has 0 radical (unpaired) electrons. The molecular formula is C21H28N4O5. The molecule has 30 heavy (non-hydrogen) atoms. The second kappa shape index (κ2) is 9.71. The summed E-state index contributed by atoms with van der Waals surface area (Å²) in [6.45, 7) is 7.40. The lowest BCUT2D eigenvalue weighted by Gasteiger charge is -2.31. The lowest BCUT2D eigenvalue weighted by atomic mass is 10.0. The van der Waals surface area contributed by atoms with E-state index in [4.69, 9.17) is 4.42 Å². The summed E-state index contributed by atoms with van der Waals surface area (Å²) in [7, 11) is 0. The number of rotatable bonds is 8. The zero-order chi connectivity index (χ0) is 21.7. The number of hydrogen-bond acceptors (Lipinski definition) is 6. The minimum atomic E-state index is -0.574. The van der Waals surface area contributed by atoms with E-state index in [1.54, 1.807) is 0 Å². The van der Waals surface area contributed by atoms with Crippen molar-refractivity contribution in [1.29, 1.82) is 0 Å². The van der Waals surface area contributed by atoms with Gasteiger partial charge in [-0.15, -0.1) is 0 Å². The molecule has 0 bridgehead atoms. The van der Waals surface area contributed by atoms with Crippen LogP contribution in [0.15, 0.2) is 39.1 Å². The third-order valence-electron chi connectivity index (χ3n) is 5.36. The van der Waals surface area contributed by atoms with Crippen molar-refractivity contribution >= 4 is 22.7 Å². The average Bonchev–Trinajstić information content (AvgIpc) is 3.02. The van der Waals surface area contributed by atoms with Crippen LogP contribution in [0, 0.1) is 10.1 Å². The number of aryl methyl sites for hydroxylation is 1. The second-order valence-electron chi connectivity index (χ2n) is 7.96. The first-order valence-electron chi connectivity index (χ1n) is 10.3. The molecule has 162 valence electrons. The fourth-order valence-electron chi connectivity index (χ4n) is 3.65. The van der Waals surface area contributed by atoms with E-state index in [2.05, 4.69) is 30.1 Å². The Labute approximate surface area is 174 Å². The number of non-ortho nitro benzene ring substituents is 1. The molecule has 3 rings (SSSR count). The standard InChI is InChI=1S/C21H28N4O5/c1-15(2)7-11-23-12-8-16(9-13-23)22-20(26)4-3-10-24-18-6-5-17(25(28)29)14-19(18)30-21(24)27/h5-7,14,16H,3-4,8-13H2,1-2H3,(H,22,26). The van der Waals surface area contributed by atoms with Gasteiger partial charge in [-0.2, -0.15) is 0 Å². The van der Waals surface area contributed by atoms with Gasteiger partial charge in [0.1, 0.15) is 0 Å². The number of allylic oxidation sites excluding steroid dienone is 1. The number of nitro groups is 1. The number of benzene rings is 1. The van der Waals surface area contributed by atoms with Gasteiger partial charge in [0, 0.05) is 44.7 Å². The second-order valence-corrected chi connectivity index (χ2v) is 7.96. The zero-order valence-corrected chi connectivity index (χ0v) is 17.4. The Balaban J connectivity index is 1.46. The quantitative estimate of drug-likeness (QED) is 0.402. The molecule has 0 aliphatic carbocycles. The number of hydrogen-bond donors (Lipinski definition) is 1. The fourth-order valence-corrected chi connectivity index (χ4v) is 3.65. The first-order chi connectivity index (χ1) is 14.3. The molecule has 1 amide bonds. The van der Waals surface area contributed by atoms with Gasteiger partial charge in [-0.05, 0) is 39.2 Å². The Morgan fingerprint density at radius 3 is 2.73 bits per heavy atom. The van der Waals surface area contributed by atoms with E-state index < -0.39 is 10.7 Å². The maximum absolute atomic E-state index is 12.3. The van der Waals surface area contributed by atoms with Crippen LogP contribution in [-0.4, -0.2) is 46.0 Å². The molecule has 2 aromatic rings. The van der Waals surface area contributed by atoms with Crippen molar-refractivity contribution in [3.05, 3.63) is 50.5 Å². The Hall–Kier alpha value is -2.94. The Bertz CT molecular complexity index is 994. The summed E-state index contributed by atoms with van der Waals surface area (Å²) < 4.78 is 6.52. The van der Waals surface area contributed by atoms with Gasteiger partial charge in [0.15, 0.2) is 5.58 Å². The van der Waals surface area contributed by atoms with E-state index in [0.29, 0.717) is 24.9 Å². The lowest BCUT2D eigenvalue weighted by Crippen LogP contribution is -2.44. The van der Waals surface area contributed by atoms with Crippen LogP contribution in [0.5, 0.6) is 0 Å². The Morgan fingerprint density at radius 2 is 2.07 bits per heavy atom. The van der Waals surface area contributed by atoms with Crippen LogP contribution < -0.4 is 11.1 Å². The third kappa shape index (κ3) is 5.56. The van der Waals surface area contributed by atoms with E-state index in [-0.39, 0.29) is 23.2 Å². The summed E-state index contributed by atoms with van der Waals surface area (Å²) in [6.07, 6.45) is 4.89. The highest BCUT2D eigenvalue weighted by Crippen LogP contribution is 2.20. The van der Waals surface area contributed by atoms with E-state index >= 15 is 0 Å². The van der Waals surface area contributed by atoms with Gasteiger partial charge < -0.3 is 9.73 Å². The predicted molar refractivity (Wildman–Crippen MR) is 113 cm³/mol. The molecule has 0 saturated carbocycles. The van der Waals surface area contributed by atoms with Crippen LogP contribution in [0.1, 0.15) is 39.5 Å². The third-order valence-corrected chi connectivity index (χ3v) is 5.36. The van der Waals surface area contributed by atoms with Crippen molar-refractivity contribution in [2.75, 3.05) is 19.6 Å². The lowest BCUT2D eigenvalue weighted by molar-refractivity contribution is -0.384. The van der Waals surface area contributed by atoms with Crippen molar-refractivity contribution in [2.45, 2.75) is 52.1 Å². The van der Waals surface area contributed by atoms with Crippen LogP contribution in [0.4, 0.5) is 5.69 Å². The van der Waals surface area contributed by atoms with Gasteiger partial charge in [-0.3, -0.25) is 24.4 Å². The zero-order valence-electron chi connectivity index (χ0n) is 17.4. The average molecular weight is 416 g/mol. The van der Waals surface area contributed by atoms with Crippen LogP contribution in [0.25, 0.3) is 11.1 Å². The number of amides is 1. The Kier molecular flexibility index (Phi) is 7.04. The van der Waals surface area contributed by atoms with Gasteiger partial charge in [-0.1, -0.05) is 11.6 Å². The molecular weight excluding hydrogens is 388 g/mol. The number of likely N-dealkylation sites (tertiary alicyclic amines) is 1. The number of nitrogens with zero attached hydrogens (tertiary/aromatic N) is 3. The number of fused-ring (bicyclic) bond motifs is 1. The fraction of sp³-hybridized carbons (Fsp3) is 0.524. The molecule has 0 spiro atoms. The first kappa shape index (κ1) is 21.8. The van der Waals surface area contributed by atoms with Gasteiger partial charge in [0.05, 0.1) is 16.5 Å². The summed E-state index contributed by atoms with van der Waals surface area (Å²) in [5.41, 5.74) is 1.86. The summed E-state index contributed by atoms with van der Waals surface area (Å²) in [5, 5.41) is 13.9. The minimum absolute atomic E-state index is 0.0192. The van der Waals surface area contributed by atoms with E-state index in [1.807, 2.05) is 0 Å². The summed E-state index contributed by atoms with van der Waals surface area (Å²) >= 11 is 0. The molecule has 0 unspecified atom stereocenters. The first-order valence-corrected chi connectivity index (χ1v) is 10.3. The highest BCUT2D eigenvalue weighted by atomic mass is 16.6. The molecule has 1 aliphatic heterocycles. The van der Waals surface area contributed by atoms with E-state index in [9.17, 15) is 19.7 Å². The molecule has 9 heteroatoms. The number of carbonyl (C=O) groups excluding carboxylic acids is 1. The van der Waals surface area contributed by atoms with Gasteiger partial charge in [-0.25, -0.2) is 4.79 Å². The minimum Gasteiger partial charge on any atom is -0.407 e. The molecule has 1 aromatic heterocycles. The van der Waals surface area contributed by atoms with E-state index in [1.165, 1.54) is 28.3 Å². The highest BCUT2D eigenvalue weighted by molar-refractivity contribution is 5.77. The van der Waals surface area contributed by atoms with Crippen molar-refractivity contribution in [3.63, 3.8) is 0 Å². The van der Waals surface area contributed by atoms with Gasteiger partial charge in [0.2, 0.25) is 5.91 Å². The van der Waals surface area contributed by atoms with Crippen LogP contribution >= 0.6 is 0 Å². The summed E-state index contributed by atoms with van der Waals surface area (Å²) in [5.74, 6) is -0.594. The van der Waals surface area contributed by atoms with Crippen molar-refractivity contribution in [2.24, 2.45) is 0 Å². The van der Waals surface area contributed by atoms with Crippen LogP contribution in [0.3, 0.4) is 0 Å². The Morgan fingerprint density at radius 1 is 1.33 bits per heavy atom. The number of carbonyl (C=O) groups is 1. The molecule has 9 nitrogen and oxygen atoms in total. The summed E-state index contributed by atoms with van der Waals surface area (Å²) in [4.78, 5) is 37.0. The molecule has 1 aliphatic rings. The smallest absolute Gasteiger partial charge is 0.407 e. The van der Waals surface area contributed by atoms with Gasteiger partial charge >= 0.3 is 5.76 Å². The SMILES string of the molecule is CC(C)=CCN1CCC(NC(=O)CCCn2c(=O)oc3cc([N+](=O)[O-])ccc32)CC1. The highest BCUT2D eigenvalue weighted by Gasteiger charge is 2.20. The number of nitrogens with one attached hydrogen (secondary N) is 1. The molecule has 1 fully saturated rings. The van der Waals surface area contributed by atoms with E-state index in [0.717, 1.165) is 32.5 Å². The van der Waals surface area contributed by atoms with Crippen molar-refractivity contribution in [3.8, 4) is 0 Å². The molecule has 1 N–H and O–H groups in total. The maximum atomic E-state index is 12.3. The molecule has 1 aromatic carbocycles. The maximum Gasteiger partial charge on any atom is 0.419 e. The van der Waals surface area contributed by atoms with Crippen molar-refractivity contribution in [1.82, 2.24) is 14.8 Å². The molecule has 1 saturated heterocycles. The van der Waals surface area contributed by atoms with Crippen molar-refractivity contribution < 1.29 is 14.1 Å². The molecule has 0 atom stereocenters. The normalized spacial score (nSPS) is 15.3. The van der Waals surface area contributed by atoms with Gasteiger partial charge in [0.25, 0.3) is 5.69 Å². The summed E-state index contributed by atoms with van der Waals surface area (Å²) in [6, 6.07) is 4.27. The molecule has 2 heterocycles. The number of nitro benzene ring substituents is 1. The largest absolute Gasteiger partial charge is 0.419 e.